The Morgan fingerprint density at radius 2 is 2.00 bits per heavy atom. The first-order valence-corrected chi connectivity index (χ1v) is 5.39. The lowest BCUT2D eigenvalue weighted by Gasteiger charge is -2.07. The van der Waals surface area contributed by atoms with Gasteiger partial charge < -0.3 is 5.73 Å². The van der Waals surface area contributed by atoms with Crippen LogP contribution in [-0.4, -0.2) is 26.3 Å². The van der Waals surface area contributed by atoms with Gasteiger partial charge in [0.1, 0.15) is 9.84 Å². The van der Waals surface area contributed by atoms with Crippen molar-refractivity contribution in [1.29, 1.82) is 0 Å². The van der Waals surface area contributed by atoms with E-state index in [9.17, 15) is 13.2 Å². The first-order chi connectivity index (χ1) is 4.86. The molecule has 1 fully saturated rings. The van der Waals surface area contributed by atoms with Crippen LogP contribution in [0.1, 0.15) is 12.8 Å². The summed E-state index contributed by atoms with van der Waals surface area (Å²) in [6.45, 7) is 0. The molecule has 1 rings (SSSR count). The fraction of sp³-hybridized carbons (Fsp3) is 0.833. The third-order valence-electron chi connectivity index (χ3n) is 1.91. The molecule has 0 bridgehead atoms. The second-order valence-electron chi connectivity index (χ2n) is 3.21. The van der Waals surface area contributed by atoms with Crippen LogP contribution in [-0.2, 0) is 14.6 Å². The molecular weight excluding hydrogens is 166 g/mol. The number of carbonyl (C=O) groups excluding carboxylic acids is 1. The van der Waals surface area contributed by atoms with Gasteiger partial charge in [-0.15, -0.1) is 0 Å². The van der Waals surface area contributed by atoms with E-state index in [0.29, 0.717) is 12.8 Å². The van der Waals surface area contributed by atoms with Crippen LogP contribution in [0.4, 0.5) is 0 Å². The Morgan fingerprint density at radius 1 is 1.55 bits per heavy atom. The van der Waals surface area contributed by atoms with Gasteiger partial charge in [-0.05, 0) is 12.8 Å². The van der Waals surface area contributed by atoms with Crippen LogP contribution in [0, 0.1) is 5.41 Å². The molecule has 0 unspecified atom stereocenters. The minimum Gasteiger partial charge on any atom is -0.369 e. The van der Waals surface area contributed by atoms with Gasteiger partial charge >= 0.3 is 0 Å². The van der Waals surface area contributed by atoms with E-state index in [0.717, 1.165) is 6.26 Å². The molecule has 0 saturated heterocycles. The minimum absolute atomic E-state index is 0.0880. The number of hydrogen-bond donors (Lipinski definition) is 1. The Labute approximate surface area is 65.7 Å². The lowest BCUT2D eigenvalue weighted by atomic mass is 10.1. The molecule has 5 heteroatoms. The predicted molar refractivity (Wildman–Crippen MR) is 40.6 cm³/mol. The zero-order valence-corrected chi connectivity index (χ0v) is 7.15. The summed E-state index contributed by atoms with van der Waals surface area (Å²) in [6.07, 6.45) is 2.36. The molecule has 4 nitrogen and oxygen atoms in total. The highest BCUT2D eigenvalue weighted by Crippen LogP contribution is 2.46. The molecule has 64 valence electrons. The molecule has 0 atom stereocenters. The Bertz CT molecular complexity index is 276. The summed E-state index contributed by atoms with van der Waals surface area (Å²) >= 11 is 0. The normalized spacial score (nSPS) is 21.2. The van der Waals surface area contributed by atoms with E-state index in [1.54, 1.807) is 0 Å². The number of amides is 1. The fourth-order valence-corrected chi connectivity index (χ4v) is 2.55. The van der Waals surface area contributed by atoms with Gasteiger partial charge in [0.15, 0.2) is 0 Å². The van der Waals surface area contributed by atoms with Crippen molar-refractivity contribution in [1.82, 2.24) is 0 Å². The molecular formula is C6H11NO3S. The number of sulfone groups is 1. The number of nitrogens with two attached hydrogens (primary N) is 1. The zero-order chi connectivity index (χ0) is 8.70. The molecule has 0 spiro atoms. The van der Waals surface area contributed by atoms with Gasteiger partial charge in [0, 0.05) is 6.26 Å². The molecule has 0 aromatic rings. The molecule has 2 N–H and O–H groups in total. The van der Waals surface area contributed by atoms with Gasteiger partial charge in [0.2, 0.25) is 5.91 Å². The Balaban J connectivity index is 2.70. The average Bonchev–Trinajstić information content (AvgIpc) is 2.43. The van der Waals surface area contributed by atoms with Gasteiger partial charge in [-0.2, -0.15) is 0 Å². The second-order valence-corrected chi connectivity index (χ2v) is 5.35. The first kappa shape index (κ1) is 8.52. The highest BCUT2D eigenvalue weighted by atomic mass is 32.2. The molecule has 0 radical (unpaired) electrons. The maximum Gasteiger partial charge on any atom is 0.224 e. The highest BCUT2D eigenvalue weighted by molar-refractivity contribution is 7.90. The van der Waals surface area contributed by atoms with Crippen molar-refractivity contribution in [2.45, 2.75) is 12.8 Å². The topological polar surface area (TPSA) is 77.2 Å². The molecule has 0 aromatic carbocycles. The molecule has 1 saturated carbocycles. The van der Waals surface area contributed by atoms with E-state index >= 15 is 0 Å². The van der Waals surface area contributed by atoms with Crippen LogP contribution in [0.5, 0.6) is 0 Å². The summed E-state index contributed by atoms with van der Waals surface area (Å²) in [5, 5.41) is 0. The van der Waals surface area contributed by atoms with E-state index in [-0.39, 0.29) is 5.75 Å². The lowest BCUT2D eigenvalue weighted by molar-refractivity contribution is -0.122. The van der Waals surface area contributed by atoms with Gasteiger partial charge in [-0.3, -0.25) is 4.79 Å². The monoisotopic (exact) mass is 177 g/mol. The predicted octanol–water partition coefficient (Wildman–Crippen LogP) is -0.704. The summed E-state index contributed by atoms with van der Waals surface area (Å²) in [5.41, 5.74) is 4.32. The first-order valence-electron chi connectivity index (χ1n) is 3.33. The summed E-state index contributed by atoms with van der Waals surface area (Å²) in [6, 6.07) is 0. The summed E-state index contributed by atoms with van der Waals surface area (Å²) in [4.78, 5) is 10.7. The van der Waals surface area contributed by atoms with Gasteiger partial charge in [-0.1, -0.05) is 0 Å². The van der Waals surface area contributed by atoms with Crippen molar-refractivity contribution in [2.75, 3.05) is 12.0 Å². The molecule has 0 aromatic heterocycles. The summed E-state index contributed by atoms with van der Waals surface area (Å²) in [5.74, 6) is -0.571. The molecule has 1 aliphatic rings. The van der Waals surface area contributed by atoms with Crippen molar-refractivity contribution in [3.8, 4) is 0 Å². The molecule has 1 aliphatic carbocycles. The number of hydrogen-bond acceptors (Lipinski definition) is 3. The maximum absolute atomic E-state index is 10.8. The van der Waals surface area contributed by atoms with E-state index in [1.165, 1.54) is 0 Å². The summed E-state index contributed by atoms with van der Waals surface area (Å²) < 4.78 is 21.6. The highest BCUT2D eigenvalue weighted by Gasteiger charge is 2.50. The molecule has 0 heterocycles. The molecule has 1 amide bonds. The smallest absolute Gasteiger partial charge is 0.224 e. The van der Waals surface area contributed by atoms with E-state index in [1.807, 2.05) is 0 Å². The van der Waals surface area contributed by atoms with E-state index in [4.69, 9.17) is 5.73 Å². The van der Waals surface area contributed by atoms with Crippen LogP contribution >= 0.6 is 0 Å². The van der Waals surface area contributed by atoms with Gasteiger partial charge in [0.05, 0.1) is 11.2 Å². The summed E-state index contributed by atoms with van der Waals surface area (Å²) in [7, 11) is -3.07. The van der Waals surface area contributed by atoms with Crippen LogP contribution in [0.25, 0.3) is 0 Å². The number of rotatable bonds is 3. The Hall–Kier alpha value is -0.580. The largest absolute Gasteiger partial charge is 0.369 e. The SMILES string of the molecule is CS(=O)(=O)CC1(C(N)=O)CC1. The fourth-order valence-electron chi connectivity index (χ4n) is 1.11. The van der Waals surface area contributed by atoms with Crippen LogP contribution in [0.15, 0.2) is 0 Å². The average molecular weight is 177 g/mol. The number of carbonyl (C=O) groups is 1. The minimum atomic E-state index is -3.07. The zero-order valence-electron chi connectivity index (χ0n) is 6.33. The van der Waals surface area contributed by atoms with E-state index in [2.05, 4.69) is 0 Å². The number of primary amides is 1. The van der Waals surface area contributed by atoms with E-state index < -0.39 is 21.2 Å². The Kier molecular flexibility index (Phi) is 1.70. The van der Waals surface area contributed by atoms with Crippen LogP contribution < -0.4 is 5.73 Å². The van der Waals surface area contributed by atoms with Crippen LogP contribution in [0.3, 0.4) is 0 Å². The standard InChI is InChI=1S/C6H11NO3S/c1-11(9,10)4-6(2-3-6)5(7)8/h2-4H2,1H3,(H2,7,8). The molecule has 11 heavy (non-hydrogen) atoms. The van der Waals surface area contributed by atoms with Crippen molar-refractivity contribution in [3.05, 3.63) is 0 Å². The van der Waals surface area contributed by atoms with Gasteiger partial charge in [-0.25, -0.2) is 8.42 Å². The van der Waals surface area contributed by atoms with Crippen LogP contribution in [0.2, 0.25) is 0 Å². The van der Waals surface area contributed by atoms with Crippen molar-refractivity contribution < 1.29 is 13.2 Å². The van der Waals surface area contributed by atoms with Gasteiger partial charge in [0.25, 0.3) is 0 Å². The quantitative estimate of drug-likeness (QED) is 0.619. The van der Waals surface area contributed by atoms with Crippen molar-refractivity contribution in [2.24, 2.45) is 11.1 Å². The third kappa shape index (κ3) is 1.92. The van der Waals surface area contributed by atoms with Crippen molar-refractivity contribution in [3.63, 3.8) is 0 Å². The Morgan fingerprint density at radius 3 is 2.09 bits per heavy atom. The lowest BCUT2D eigenvalue weighted by Crippen LogP contribution is -2.30. The second kappa shape index (κ2) is 2.20. The maximum atomic E-state index is 10.8. The molecule has 0 aliphatic heterocycles. The third-order valence-corrected chi connectivity index (χ3v) is 2.99. The van der Waals surface area contributed by atoms with Crippen molar-refractivity contribution >= 4 is 15.7 Å².